The maximum Gasteiger partial charge on any atom is 0.307 e. The first-order chi connectivity index (χ1) is 29.7. The minimum Gasteiger partial charge on any atom is -0.481 e. The van der Waals surface area contributed by atoms with Crippen molar-refractivity contribution in [1.29, 1.82) is 0 Å². The number of aliphatic carboxylic acids is 6. The second-order valence-electron chi connectivity index (χ2n) is 15.7. The molecule has 0 aliphatic rings. The number of aryl methyl sites for hydroxylation is 4. The largest absolute Gasteiger partial charge is 0.481 e. The summed E-state index contributed by atoms with van der Waals surface area (Å²) in [6.45, 7) is 0. The lowest BCUT2D eigenvalue weighted by atomic mass is 9.83. The molecule has 62 heavy (non-hydrogen) atoms. The summed E-state index contributed by atoms with van der Waals surface area (Å²) in [6, 6.07) is 26.4. The highest BCUT2D eigenvalue weighted by Crippen LogP contribution is 2.41. The number of fused-ring (bicyclic) bond motifs is 3. The van der Waals surface area contributed by atoms with Gasteiger partial charge in [0.1, 0.15) is 0 Å². The summed E-state index contributed by atoms with van der Waals surface area (Å²) in [5, 5.41) is 62.4. The number of benzene rings is 6. The highest BCUT2D eigenvalue weighted by atomic mass is 16.4. The van der Waals surface area contributed by atoms with E-state index in [1.807, 2.05) is 48.5 Å². The topological polar surface area (TPSA) is 224 Å². The van der Waals surface area contributed by atoms with Gasteiger partial charge in [0.2, 0.25) is 0 Å². The van der Waals surface area contributed by atoms with Gasteiger partial charge >= 0.3 is 35.8 Å². The van der Waals surface area contributed by atoms with E-state index >= 15 is 0 Å². The molecule has 12 heteroatoms. The molecule has 0 radical (unpaired) electrons. The summed E-state index contributed by atoms with van der Waals surface area (Å²) < 4.78 is 0. The number of carboxylic acid groups (broad SMARTS) is 6. The maximum absolute atomic E-state index is 12.2. The summed E-state index contributed by atoms with van der Waals surface area (Å²) in [6.07, 6.45) is 2.67. The van der Waals surface area contributed by atoms with Crippen molar-refractivity contribution < 1.29 is 59.4 Å². The molecule has 0 saturated carbocycles. The van der Waals surface area contributed by atoms with E-state index in [9.17, 15) is 59.4 Å². The number of hydrogen-bond donors (Lipinski definition) is 6. The molecule has 0 fully saturated rings. The van der Waals surface area contributed by atoms with E-state index in [1.54, 1.807) is 30.3 Å². The van der Waals surface area contributed by atoms with Crippen molar-refractivity contribution in [2.24, 2.45) is 0 Å². The molecule has 12 nitrogen and oxygen atoms in total. The van der Waals surface area contributed by atoms with E-state index in [2.05, 4.69) is 6.07 Å². The van der Waals surface area contributed by atoms with Gasteiger partial charge in [-0.25, -0.2) is 0 Å². The Morgan fingerprint density at radius 3 is 1.32 bits per heavy atom. The molecule has 6 N–H and O–H groups in total. The van der Waals surface area contributed by atoms with Gasteiger partial charge in [0.25, 0.3) is 0 Å². The minimum absolute atomic E-state index is 0.0210. The average Bonchev–Trinajstić information content (AvgIpc) is 3.22. The molecule has 6 rings (SSSR count). The maximum atomic E-state index is 12.2. The number of hydrogen-bond acceptors (Lipinski definition) is 6. The molecule has 0 aliphatic heterocycles. The van der Waals surface area contributed by atoms with Crippen LogP contribution in [0.3, 0.4) is 0 Å². The van der Waals surface area contributed by atoms with Gasteiger partial charge in [-0.2, -0.15) is 0 Å². The predicted octanol–water partition coefficient (Wildman–Crippen LogP) is 9.36. The van der Waals surface area contributed by atoms with Crippen LogP contribution in [0.4, 0.5) is 0 Å². The third kappa shape index (κ3) is 10.8. The predicted molar refractivity (Wildman–Crippen MR) is 235 cm³/mol. The van der Waals surface area contributed by atoms with Crippen LogP contribution in [0.5, 0.6) is 0 Å². The van der Waals surface area contributed by atoms with Gasteiger partial charge in [0.05, 0.1) is 12.8 Å². The SMILES string of the molecule is O=C(O)CCCCc1cc(-c2ccc3c(CCC(=O)O)cc(-c4ccc5c(CC(=O)O)ccc(CC(=O)O)c5c4)c(CCC(=O)O)c3c2)c(CCCCC(=O)O)c2ccccc12. The van der Waals surface area contributed by atoms with E-state index in [-0.39, 0.29) is 51.4 Å². The second-order valence-corrected chi connectivity index (χ2v) is 15.7. The molecule has 320 valence electrons. The first kappa shape index (κ1) is 44.5. The van der Waals surface area contributed by atoms with Gasteiger partial charge in [0.15, 0.2) is 0 Å². The number of carbonyl (C=O) groups is 6. The number of carboxylic acids is 6. The van der Waals surface area contributed by atoms with Crippen molar-refractivity contribution in [1.82, 2.24) is 0 Å². The average molecular weight is 841 g/mol. The van der Waals surface area contributed by atoms with Crippen molar-refractivity contribution in [2.75, 3.05) is 0 Å². The minimum atomic E-state index is -1.07. The van der Waals surface area contributed by atoms with Crippen LogP contribution in [0.2, 0.25) is 0 Å². The molecule has 6 aromatic rings. The highest BCUT2D eigenvalue weighted by molar-refractivity contribution is 6.02. The third-order valence-electron chi connectivity index (χ3n) is 11.4. The normalized spacial score (nSPS) is 11.3. The fourth-order valence-electron chi connectivity index (χ4n) is 8.62. The van der Waals surface area contributed by atoms with Crippen molar-refractivity contribution in [3.63, 3.8) is 0 Å². The van der Waals surface area contributed by atoms with Crippen LogP contribution in [0.15, 0.2) is 84.9 Å². The third-order valence-corrected chi connectivity index (χ3v) is 11.4. The first-order valence-corrected chi connectivity index (χ1v) is 20.7. The standard InChI is InChI=1S/C50H48O12/c51-45(52)11-5-1-7-29-23-42(39(10-4-6-12-46(53)54)38-9-3-2-8-35(29)38)32-16-19-37-30(17-21-47(55)56)24-43(40(44(37)26-32)20-22-48(57)58)31-15-18-36-33(27-49(59)60)13-14-34(28-50(61)62)41(36)25-31/h2-3,8-9,13-16,18-19,23-26H,1,4-7,10-12,17,20-22,27-28H2,(H,51,52)(H,53,54)(H,55,56)(H,57,58)(H,59,60)(H,61,62). The molecule has 0 bridgehead atoms. The Balaban J connectivity index is 1.63. The molecule has 0 heterocycles. The van der Waals surface area contributed by atoms with Gasteiger partial charge < -0.3 is 30.6 Å². The summed E-state index contributed by atoms with van der Waals surface area (Å²) in [7, 11) is 0. The van der Waals surface area contributed by atoms with Gasteiger partial charge in [-0.1, -0.05) is 72.8 Å². The molecule has 0 unspecified atom stereocenters. The second kappa shape index (κ2) is 20.0. The lowest BCUT2D eigenvalue weighted by Gasteiger charge is -2.21. The van der Waals surface area contributed by atoms with Gasteiger partial charge in [-0.15, -0.1) is 0 Å². The lowest BCUT2D eigenvalue weighted by molar-refractivity contribution is -0.138. The van der Waals surface area contributed by atoms with Crippen molar-refractivity contribution in [3.05, 3.63) is 118 Å². The van der Waals surface area contributed by atoms with Crippen LogP contribution in [0.25, 0.3) is 54.6 Å². The van der Waals surface area contributed by atoms with Crippen LogP contribution >= 0.6 is 0 Å². The lowest BCUT2D eigenvalue weighted by Crippen LogP contribution is -2.05. The quantitative estimate of drug-likeness (QED) is 0.0352. The summed E-state index contributed by atoms with van der Waals surface area (Å²) in [5.41, 5.74) is 7.34. The summed E-state index contributed by atoms with van der Waals surface area (Å²) >= 11 is 0. The molecular weight excluding hydrogens is 793 g/mol. The molecule has 0 spiro atoms. The monoisotopic (exact) mass is 840 g/mol. The molecule has 0 amide bonds. The van der Waals surface area contributed by atoms with E-state index in [1.165, 1.54) is 0 Å². The fourth-order valence-corrected chi connectivity index (χ4v) is 8.62. The summed E-state index contributed by atoms with van der Waals surface area (Å²) in [4.78, 5) is 70.7. The molecule has 0 atom stereocenters. The van der Waals surface area contributed by atoms with Crippen LogP contribution < -0.4 is 0 Å². The Bertz CT molecular complexity index is 2730. The van der Waals surface area contributed by atoms with Crippen LogP contribution in [0, 0.1) is 0 Å². The summed E-state index contributed by atoms with van der Waals surface area (Å²) in [5.74, 6) is -5.89. The Kier molecular flexibility index (Phi) is 14.3. The van der Waals surface area contributed by atoms with Crippen molar-refractivity contribution in [3.8, 4) is 22.3 Å². The van der Waals surface area contributed by atoms with Gasteiger partial charge in [0, 0.05) is 25.7 Å². The van der Waals surface area contributed by atoms with Crippen molar-refractivity contribution >= 4 is 68.1 Å². The zero-order valence-corrected chi connectivity index (χ0v) is 34.1. The van der Waals surface area contributed by atoms with Crippen LogP contribution in [-0.4, -0.2) is 66.5 Å². The molecule has 0 aromatic heterocycles. The fraction of sp³-hybridized carbons (Fsp3) is 0.280. The number of rotatable bonds is 22. The van der Waals surface area contributed by atoms with Crippen LogP contribution in [0.1, 0.15) is 84.7 Å². The Morgan fingerprint density at radius 2 is 0.774 bits per heavy atom. The zero-order chi connectivity index (χ0) is 44.5. The molecular formula is C50H48O12. The van der Waals surface area contributed by atoms with E-state index in [0.717, 1.165) is 38.4 Å². The zero-order valence-electron chi connectivity index (χ0n) is 34.1. The first-order valence-electron chi connectivity index (χ1n) is 20.7. The van der Waals surface area contributed by atoms with Crippen LogP contribution in [-0.2, 0) is 67.3 Å². The van der Waals surface area contributed by atoms with E-state index < -0.39 is 35.8 Å². The molecule has 0 saturated heterocycles. The Morgan fingerprint density at radius 1 is 0.339 bits per heavy atom. The Hall–Kier alpha value is -7.08. The highest BCUT2D eigenvalue weighted by Gasteiger charge is 2.21. The van der Waals surface area contributed by atoms with Crippen molar-refractivity contribution in [2.45, 2.75) is 89.9 Å². The van der Waals surface area contributed by atoms with E-state index in [0.29, 0.717) is 88.1 Å². The van der Waals surface area contributed by atoms with Gasteiger partial charge in [-0.3, -0.25) is 28.8 Å². The van der Waals surface area contributed by atoms with Gasteiger partial charge in [-0.05, 0) is 151 Å². The van der Waals surface area contributed by atoms with E-state index in [4.69, 9.17) is 0 Å². The molecule has 0 aliphatic carbocycles. The molecule has 6 aromatic carbocycles. The Labute approximate surface area is 357 Å². The smallest absolute Gasteiger partial charge is 0.307 e. The number of unbranched alkanes of at least 4 members (excludes halogenated alkanes) is 2.